The van der Waals surface area contributed by atoms with Crippen LogP contribution in [0.2, 0.25) is 0 Å². The van der Waals surface area contributed by atoms with E-state index in [9.17, 15) is 4.21 Å². The van der Waals surface area contributed by atoms with Gasteiger partial charge in [-0.1, -0.05) is 0 Å². The quantitative estimate of drug-likeness (QED) is 0.743. The summed E-state index contributed by atoms with van der Waals surface area (Å²) in [5, 5.41) is 5.95. The molecule has 0 bridgehead atoms. The van der Waals surface area contributed by atoms with E-state index in [-0.39, 0.29) is 0 Å². The molecule has 0 saturated heterocycles. The Morgan fingerprint density at radius 3 is 2.33 bits per heavy atom. The van der Waals surface area contributed by atoms with Gasteiger partial charge in [-0.15, -0.1) is 0 Å². The molecule has 0 radical (unpaired) electrons. The van der Waals surface area contributed by atoms with Crippen molar-refractivity contribution in [2.75, 3.05) is 31.5 Å². The van der Waals surface area contributed by atoms with Crippen LogP contribution in [0.5, 0.6) is 0 Å². The Kier molecular flexibility index (Phi) is 3.18. The van der Waals surface area contributed by atoms with Crippen LogP contribution in [-0.2, 0) is 14.0 Å². The lowest BCUT2D eigenvalue weighted by atomic mass is 10.3. The lowest BCUT2D eigenvalue weighted by Gasteiger charge is -2.34. The van der Waals surface area contributed by atoms with Gasteiger partial charge in [-0.2, -0.15) is 0 Å². The average Bonchev–Trinajstić information content (AvgIpc) is 2.15. The molecule has 0 aliphatic heterocycles. The minimum absolute atomic E-state index is 0.317. The first kappa shape index (κ1) is 12.2. The fourth-order valence-electron chi connectivity index (χ4n) is 1.24. The van der Waals surface area contributed by atoms with Gasteiger partial charge in [-0.25, -0.2) is 0 Å². The van der Waals surface area contributed by atoms with Crippen LogP contribution >= 0.6 is 0 Å². The van der Waals surface area contributed by atoms with E-state index < -0.39 is 9.25 Å². The van der Waals surface area contributed by atoms with E-state index in [0.717, 1.165) is 0 Å². The zero-order valence-corrected chi connectivity index (χ0v) is 9.92. The minimum Gasteiger partial charge on any atom is -0.399 e. The fourth-order valence-corrected chi connectivity index (χ4v) is 2.93. The maximum absolute atomic E-state index is 12.5. The van der Waals surface area contributed by atoms with Crippen molar-refractivity contribution < 1.29 is 8.95 Å². The Labute approximate surface area is 90.1 Å². The van der Waals surface area contributed by atoms with E-state index in [1.165, 1.54) is 0 Å². The molecule has 0 fully saturated rings. The van der Waals surface area contributed by atoms with E-state index in [0.29, 0.717) is 22.9 Å². The first-order chi connectivity index (χ1) is 6.83. The van der Waals surface area contributed by atoms with Gasteiger partial charge in [-0.05, 0) is 33.5 Å². The zero-order chi connectivity index (χ0) is 11.6. The summed E-state index contributed by atoms with van der Waals surface area (Å²) in [6, 6.07) is 6.82. The van der Waals surface area contributed by atoms with E-state index in [1.54, 1.807) is 37.6 Å². The van der Waals surface area contributed by atoms with Crippen LogP contribution in [0.15, 0.2) is 29.2 Å². The molecule has 1 aromatic rings. The van der Waals surface area contributed by atoms with Gasteiger partial charge < -0.3 is 10.5 Å². The predicted molar refractivity (Wildman–Crippen MR) is 64.1 cm³/mol. The molecule has 0 aliphatic rings. The van der Waals surface area contributed by atoms with Gasteiger partial charge in [-0.3, -0.25) is 9.35 Å². The Balaban J connectivity index is 3.03. The number of hydrogen-bond donors (Lipinski definition) is 2. The third-order valence-electron chi connectivity index (χ3n) is 2.31. The number of methoxy groups -OCH3 is 1. The lowest BCUT2D eigenvalue weighted by Crippen LogP contribution is -2.46. The molecule has 0 saturated carbocycles. The van der Waals surface area contributed by atoms with E-state index >= 15 is 0 Å². The van der Waals surface area contributed by atoms with Crippen LogP contribution in [0.4, 0.5) is 5.69 Å². The second-order valence-corrected chi connectivity index (χ2v) is 8.01. The smallest absolute Gasteiger partial charge is 0.0575 e. The van der Waals surface area contributed by atoms with Crippen molar-refractivity contribution in [3.8, 4) is 0 Å². The van der Waals surface area contributed by atoms with E-state index in [1.807, 2.05) is 0 Å². The molecule has 0 aromatic heterocycles. The summed E-state index contributed by atoms with van der Waals surface area (Å²) in [5.74, 6) is 0.317. The van der Waals surface area contributed by atoms with Gasteiger partial charge in [0.05, 0.1) is 6.61 Å². The van der Waals surface area contributed by atoms with Gasteiger partial charge in [0.15, 0.2) is 0 Å². The Morgan fingerprint density at radius 1 is 1.33 bits per heavy atom. The first-order valence-corrected chi connectivity index (χ1v) is 7.22. The average molecular weight is 230 g/mol. The standard InChI is InChI=1S/C10H18N2O2S/c1-14-7-8-15(2,12,13)10-5-3-9(11)4-6-10/h3-6H,7-8,11H2,1-2H3,(H2,12,13). The van der Waals surface area contributed by atoms with Crippen LogP contribution in [0.3, 0.4) is 0 Å². The van der Waals surface area contributed by atoms with Crippen molar-refractivity contribution in [3.05, 3.63) is 24.3 Å². The number of nitrogen functional groups attached to an aromatic ring is 1. The highest BCUT2D eigenvalue weighted by Gasteiger charge is 2.27. The molecule has 0 unspecified atom stereocenters. The molecule has 15 heavy (non-hydrogen) atoms. The minimum atomic E-state index is -3.27. The summed E-state index contributed by atoms with van der Waals surface area (Å²) in [4.78, 5) is 0.623. The predicted octanol–water partition coefficient (Wildman–Crippen LogP) is 0.598. The molecule has 0 heterocycles. The van der Waals surface area contributed by atoms with Crippen LogP contribution in [0, 0.1) is 0 Å². The molecular formula is C10H18N2O2S. The number of ether oxygens (including phenoxy) is 1. The van der Waals surface area contributed by atoms with Crippen molar-refractivity contribution in [2.24, 2.45) is 5.14 Å². The Hall–Kier alpha value is -0.910. The van der Waals surface area contributed by atoms with Gasteiger partial charge in [0.1, 0.15) is 0 Å². The van der Waals surface area contributed by atoms with Crippen LogP contribution in [0.1, 0.15) is 0 Å². The van der Waals surface area contributed by atoms with Gasteiger partial charge in [0, 0.05) is 29.7 Å². The van der Waals surface area contributed by atoms with Crippen molar-refractivity contribution in [1.29, 1.82) is 0 Å². The molecule has 86 valence electrons. The summed E-state index contributed by atoms with van der Waals surface area (Å²) < 4.78 is 17.4. The summed E-state index contributed by atoms with van der Waals surface area (Å²) in [6.07, 6.45) is 1.57. The Morgan fingerprint density at radius 2 is 1.87 bits per heavy atom. The molecule has 0 spiro atoms. The van der Waals surface area contributed by atoms with Gasteiger partial charge >= 0.3 is 0 Å². The molecule has 0 atom stereocenters. The molecule has 5 heteroatoms. The number of nitrogens with two attached hydrogens (primary N) is 2. The maximum Gasteiger partial charge on any atom is 0.0575 e. The number of benzene rings is 1. The topological polar surface area (TPSA) is 78.3 Å². The van der Waals surface area contributed by atoms with Gasteiger partial charge in [0.25, 0.3) is 0 Å². The van der Waals surface area contributed by atoms with Gasteiger partial charge in [0.2, 0.25) is 0 Å². The third kappa shape index (κ3) is 3.02. The largest absolute Gasteiger partial charge is 0.399 e. The monoisotopic (exact) mass is 230 g/mol. The summed E-state index contributed by atoms with van der Waals surface area (Å²) in [7, 11) is -1.71. The molecule has 1 aromatic carbocycles. The SMILES string of the molecule is COCCS(C)(N)(=O)c1ccc(N)cc1. The third-order valence-corrected chi connectivity index (χ3v) is 5.03. The second-order valence-electron chi connectivity index (χ2n) is 3.89. The summed E-state index contributed by atoms with van der Waals surface area (Å²) >= 11 is 0. The highest BCUT2D eigenvalue weighted by Crippen LogP contribution is 2.26. The highest BCUT2D eigenvalue weighted by atomic mass is 32.3. The molecular weight excluding hydrogens is 212 g/mol. The highest BCUT2D eigenvalue weighted by molar-refractivity contribution is 8.17. The second kappa shape index (κ2) is 3.92. The molecule has 1 rings (SSSR count). The van der Waals surface area contributed by atoms with E-state index in [2.05, 4.69) is 0 Å². The summed E-state index contributed by atoms with van der Waals surface area (Å²) in [6.45, 7) is 0.378. The van der Waals surface area contributed by atoms with E-state index in [4.69, 9.17) is 15.6 Å². The molecule has 0 aliphatic carbocycles. The zero-order valence-electron chi connectivity index (χ0n) is 9.10. The van der Waals surface area contributed by atoms with Crippen LogP contribution in [0.25, 0.3) is 0 Å². The normalized spacial score (nSPS) is 14.5. The molecule has 0 amide bonds. The first-order valence-electron chi connectivity index (χ1n) is 4.61. The van der Waals surface area contributed by atoms with Crippen LogP contribution in [-0.4, -0.2) is 29.9 Å². The van der Waals surface area contributed by atoms with Crippen LogP contribution < -0.4 is 10.9 Å². The number of rotatable bonds is 4. The van der Waals surface area contributed by atoms with Crippen molar-refractivity contribution in [1.82, 2.24) is 0 Å². The van der Waals surface area contributed by atoms with Crippen molar-refractivity contribution in [2.45, 2.75) is 4.90 Å². The number of anilines is 1. The lowest BCUT2D eigenvalue weighted by molar-refractivity contribution is 0.217. The van der Waals surface area contributed by atoms with Crippen molar-refractivity contribution in [3.63, 3.8) is 0 Å². The summed E-state index contributed by atoms with van der Waals surface area (Å²) in [5.41, 5.74) is 6.19. The Bertz CT molecular complexity index is 394. The number of hydrogen-bond acceptors (Lipinski definition) is 3. The molecule has 4 nitrogen and oxygen atoms in total. The fraction of sp³-hybridized carbons (Fsp3) is 0.400. The molecule has 4 N–H and O–H groups in total. The maximum atomic E-state index is 12.5. The van der Waals surface area contributed by atoms with Crippen molar-refractivity contribution >= 4 is 14.9 Å².